The van der Waals surface area contributed by atoms with Crippen LogP contribution in [-0.4, -0.2) is 14.2 Å². The van der Waals surface area contributed by atoms with E-state index in [0.29, 0.717) is 5.92 Å². The van der Waals surface area contributed by atoms with Crippen molar-refractivity contribution < 1.29 is 8.42 Å². The zero-order valence-electron chi connectivity index (χ0n) is 7.71. The predicted octanol–water partition coefficient (Wildman–Crippen LogP) is 1.10. The highest BCUT2D eigenvalue weighted by atomic mass is 32.2. The van der Waals surface area contributed by atoms with Crippen LogP contribution in [0.2, 0.25) is 0 Å². The van der Waals surface area contributed by atoms with Crippen LogP contribution in [-0.2, 0) is 10.0 Å². The number of hydrogen-bond acceptors (Lipinski definition) is 2. The minimum Gasteiger partial charge on any atom is -0.229 e. The molecular weight excluding hydrogens is 174 g/mol. The van der Waals surface area contributed by atoms with Gasteiger partial charge in [-0.25, -0.2) is 13.6 Å². The molecule has 1 rings (SSSR count). The van der Waals surface area contributed by atoms with E-state index in [1.54, 1.807) is 0 Å². The minimum absolute atomic E-state index is 0.116. The Morgan fingerprint density at radius 1 is 1.42 bits per heavy atom. The first kappa shape index (κ1) is 9.99. The molecule has 3 nitrogen and oxygen atoms in total. The quantitative estimate of drug-likeness (QED) is 0.726. The number of hydrogen-bond donors (Lipinski definition) is 1. The molecule has 0 heterocycles. The molecule has 0 radical (unpaired) electrons. The molecule has 0 amide bonds. The molecule has 12 heavy (non-hydrogen) atoms. The highest BCUT2D eigenvalue weighted by Crippen LogP contribution is 2.41. The summed E-state index contributed by atoms with van der Waals surface area (Å²) in [5.41, 5.74) is -0.133. The lowest BCUT2D eigenvalue weighted by atomic mass is 9.68. The molecule has 72 valence electrons. The molecular formula is C8H17NO2S. The van der Waals surface area contributed by atoms with Crippen LogP contribution in [0.5, 0.6) is 0 Å². The van der Waals surface area contributed by atoms with E-state index in [9.17, 15) is 8.42 Å². The molecule has 2 N–H and O–H groups in total. The SMILES string of the molecule is CC(C)(CS(N)(=O)=O)C1CCC1. The Morgan fingerprint density at radius 2 is 1.92 bits per heavy atom. The van der Waals surface area contributed by atoms with Gasteiger partial charge in [0.2, 0.25) is 10.0 Å². The molecule has 0 unspecified atom stereocenters. The Morgan fingerprint density at radius 3 is 2.17 bits per heavy atom. The summed E-state index contributed by atoms with van der Waals surface area (Å²) in [4.78, 5) is 0. The molecule has 0 saturated heterocycles. The Labute approximate surface area is 74.4 Å². The van der Waals surface area contributed by atoms with Gasteiger partial charge in [0.1, 0.15) is 0 Å². The molecule has 0 bridgehead atoms. The van der Waals surface area contributed by atoms with Gasteiger partial charge >= 0.3 is 0 Å². The lowest BCUT2D eigenvalue weighted by Gasteiger charge is -2.39. The molecule has 0 aromatic carbocycles. The Bertz CT molecular complexity index is 252. The van der Waals surface area contributed by atoms with Crippen molar-refractivity contribution in [3.8, 4) is 0 Å². The molecule has 0 spiro atoms. The van der Waals surface area contributed by atoms with Gasteiger partial charge in [0.15, 0.2) is 0 Å². The molecule has 0 atom stereocenters. The third-order valence-corrected chi connectivity index (χ3v) is 3.93. The van der Waals surface area contributed by atoms with Crippen molar-refractivity contribution in [1.29, 1.82) is 0 Å². The fourth-order valence-corrected chi connectivity index (χ4v) is 3.10. The number of primary sulfonamides is 1. The van der Waals surface area contributed by atoms with Crippen LogP contribution < -0.4 is 5.14 Å². The van der Waals surface area contributed by atoms with Crippen LogP contribution in [0.15, 0.2) is 0 Å². The first-order chi connectivity index (χ1) is 5.31. The molecule has 0 aliphatic heterocycles. The van der Waals surface area contributed by atoms with Gasteiger partial charge in [-0.2, -0.15) is 0 Å². The second kappa shape index (κ2) is 3.00. The van der Waals surface area contributed by atoms with E-state index >= 15 is 0 Å². The molecule has 4 heteroatoms. The smallest absolute Gasteiger partial charge is 0.209 e. The van der Waals surface area contributed by atoms with Crippen molar-refractivity contribution in [2.75, 3.05) is 5.75 Å². The van der Waals surface area contributed by atoms with E-state index < -0.39 is 10.0 Å². The number of nitrogens with two attached hydrogens (primary N) is 1. The van der Waals surface area contributed by atoms with Gasteiger partial charge in [-0.3, -0.25) is 0 Å². The lowest BCUT2D eigenvalue weighted by molar-refractivity contribution is 0.143. The fraction of sp³-hybridized carbons (Fsp3) is 1.00. The zero-order chi connectivity index (χ0) is 9.41. The van der Waals surface area contributed by atoms with E-state index in [2.05, 4.69) is 0 Å². The van der Waals surface area contributed by atoms with Crippen LogP contribution >= 0.6 is 0 Å². The number of sulfonamides is 1. The molecule has 1 saturated carbocycles. The zero-order valence-corrected chi connectivity index (χ0v) is 8.52. The monoisotopic (exact) mass is 191 g/mol. The first-order valence-corrected chi connectivity index (χ1v) is 6.03. The highest BCUT2D eigenvalue weighted by molar-refractivity contribution is 7.89. The maximum absolute atomic E-state index is 10.9. The standard InChI is InChI=1S/C8H17NO2S/c1-8(2,6-12(9,10)11)7-4-3-5-7/h7H,3-6H2,1-2H3,(H2,9,10,11). The van der Waals surface area contributed by atoms with Gasteiger partial charge in [0.05, 0.1) is 5.75 Å². The topological polar surface area (TPSA) is 60.2 Å². The van der Waals surface area contributed by atoms with Crippen molar-refractivity contribution in [1.82, 2.24) is 0 Å². The van der Waals surface area contributed by atoms with Crippen LogP contribution in [0.4, 0.5) is 0 Å². The minimum atomic E-state index is -3.30. The summed E-state index contributed by atoms with van der Waals surface area (Å²) >= 11 is 0. The summed E-state index contributed by atoms with van der Waals surface area (Å²) in [5.74, 6) is 0.667. The molecule has 1 aliphatic carbocycles. The lowest BCUT2D eigenvalue weighted by Crippen LogP contribution is -2.38. The number of rotatable bonds is 3. The van der Waals surface area contributed by atoms with Gasteiger partial charge in [0, 0.05) is 0 Å². The van der Waals surface area contributed by atoms with Crippen molar-refractivity contribution >= 4 is 10.0 Å². The van der Waals surface area contributed by atoms with Crippen molar-refractivity contribution in [2.24, 2.45) is 16.5 Å². The predicted molar refractivity (Wildman–Crippen MR) is 49.1 cm³/mol. The summed E-state index contributed by atoms with van der Waals surface area (Å²) < 4.78 is 21.7. The summed E-state index contributed by atoms with van der Waals surface area (Å²) in [6.07, 6.45) is 3.55. The van der Waals surface area contributed by atoms with Gasteiger partial charge < -0.3 is 0 Å². The summed E-state index contributed by atoms with van der Waals surface area (Å²) in [6, 6.07) is 0. The third-order valence-electron chi connectivity index (χ3n) is 2.78. The normalized spacial score (nSPS) is 20.6. The summed E-state index contributed by atoms with van der Waals surface area (Å²) in [6.45, 7) is 3.97. The van der Waals surface area contributed by atoms with E-state index in [4.69, 9.17) is 5.14 Å². The van der Waals surface area contributed by atoms with E-state index in [0.717, 1.165) is 12.8 Å². The first-order valence-electron chi connectivity index (χ1n) is 4.32. The van der Waals surface area contributed by atoms with Crippen LogP contribution in [0.1, 0.15) is 33.1 Å². The van der Waals surface area contributed by atoms with Crippen molar-refractivity contribution in [3.05, 3.63) is 0 Å². The Balaban J connectivity index is 2.59. The van der Waals surface area contributed by atoms with Gasteiger partial charge in [-0.1, -0.05) is 20.3 Å². The van der Waals surface area contributed by atoms with Crippen LogP contribution in [0.3, 0.4) is 0 Å². The Hall–Kier alpha value is -0.0900. The maximum atomic E-state index is 10.9. The fourth-order valence-electron chi connectivity index (χ4n) is 1.83. The van der Waals surface area contributed by atoms with Crippen molar-refractivity contribution in [3.63, 3.8) is 0 Å². The second-order valence-corrected chi connectivity index (χ2v) is 6.04. The van der Waals surface area contributed by atoms with Crippen LogP contribution in [0, 0.1) is 11.3 Å². The third kappa shape index (κ3) is 2.45. The van der Waals surface area contributed by atoms with E-state index in [1.807, 2.05) is 13.8 Å². The molecule has 1 fully saturated rings. The Kier molecular flexibility index (Phi) is 2.50. The average molecular weight is 191 g/mol. The van der Waals surface area contributed by atoms with Gasteiger partial charge in [0.25, 0.3) is 0 Å². The van der Waals surface area contributed by atoms with E-state index in [-0.39, 0.29) is 11.2 Å². The molecule has 0 aromatic heterocycles. The summed E-state index contributed by atoms with van der Waals surface area (Å²) in [7, 11) is -3.30. The van der Waals surface area contributed by atoms with E-state index in [1.165, 1.54) is 6.42 Å². The average Bonchev–Trinajstić information content (AvgIpc) is 1.45. The maximum Gasteiger partial charge on any atom is 0.209 e. The van der Waals surface area contributed by atoms with Gasteiger partial charge in [-0.05, 0) is 24.2 Å². The van der Waals surface area contributed by atoms with Crippen molar-refractivity contribution in [2.45, 2.75) is 33.1 Å². The van der Waals surface area contributed by atoms with Gasteiger partial charge in [-0.15, -0.1) is 0 Å². The molecule has 1 aliphatic rings. The largest absolute Gasteiger partial charge is 0.229 e. The highest BCUT2D eigenvalue weighted by Gasteiger charge is 2.36. The molecule has 0 aromatic rings. The summed E-state index contributed by atoms with van der Waals surface area (Å²) in [5, 5.41) is 5.01. The van der Waals surface area contributed by atoms with Crippen LogP contribution in [0.25, 0.3) is 0 Å². The second-order valence-electron chi connectivity index (χ2n) is 4.42.